The number of nitrogens with zero attached hydrogens (tertiary/aromatic N) is 3. The van der Waals surface area contributed by atoms with Gasteiger partial charge in [-0.1, -0.05) is 18.2 Å². The minimum Gasteiger partial charge on any atom is -0.482 e. The van der Waals surface area contributed by atoms with Crippen molar-refractivity contribution in [2.75, 3.05) is 5.73 Å². The van der Waals surface area contributed by atoms with Crippen LogP contribution in [0.15, 0.2) is 67.1 Å². The van der Waals surface area contributed by atoms with Gasteiger partial charge >= 0.3 is 0 Å². The van der Waals surface area contributed by atoms with Gasteiger partial charge in [-0.2, -0.15) is 5.10 Å². The number of pyridine rings is 1. The van der Waals surface area contributed by atoms with E-state index in [1.54, 1.807) is 48.3 Å². The Morgan fingerprint density at radius 2 is 1.67 bits per heavy atom. The maximum atomic E-state index is 14.0. The number of ether oxygens (including phenoxy) is 1. The van der Waals surface area contributed by atoms with Gasteiger partial charge in [-0.3, -0.25) is 4.68 Å². The molecule has 2 heterocycles. The van der Waals surface area contributed by atoms with Crippen LogP contribution in [0.3, 0.4) is 0 Å². The van der Waals surface area contributed by atoms with Gasteiger partial charge in [0.15, 0.2) is 11.6 Å². The van der Waals surface area contributed by atoms with E-state index in [4.69, 9.17) is 10.5 Å². The summed E-state index contributed by atoms with van der Waals surface area (Å²) in [5, 5.41) is 4.16. The average Bonchev–Trinajstić information content (AvgIpc) is 3.16. The summed E-state index contributed by atoms with van der Waals surface area (Å²) in [6, 6.07) is 12.3. The maximum Gasteiger partial charge on any atom is 0.166 e. The van der Waals surface area contributed by atoms with Crippen LogP contribution in [0.5, 0.6) is 5.75 Å². The fraction of sp³-hybridized carbons (Fsp3) is 0.130. The zero-order valence-electron chi connectivity index (χ0n) is 16.5. The molecule has 7 heteroatoms. The average molecular weight is 406 g/mol. The summed E-state index contributed by atoms with van der Waals surface area (Å²) in [6.45, 7) is 1.80. The molecule has 5 nitrogen and oxygen atoms in total. The molecule has 0 saturated heterocycles. The van der Waals surface area contributed by atoms with Crippen molar-refractivity contribution in [3.63, 3.8) is 0 Å². The highest BCUT2D eigenvalue weighted by Crippen LogP contribution is 2.34. The number of nitrogen functional groups attached to an aromatic ring is 1. The summed E-state index contributed by atoms with van der Waals surface area (Å²) in [5.41, 5.74) is 9.83. The van der Waals surface area contributed by atoms with E-state index in [0.29, 0.717) is 11.3 Å². The first kappa shape index (κ1) is 19.6. The SMILES string of the molecule is C[C@@H](Oc1cc(-c2cnn(C)c2)cnc1N)c1cc(F)ccc1-c1ccc(F)cc1. The van der Waals surface area contributed by atoms with Crippen LogP contribution in [0.25, 0.3) is 22.3 Å². The Hall–Kier alpha value is -3.74. The number of benzene rings is 2. The van der Waals surface area contributed by atoms with Crippen LogP contribution in [-0.2, 0) is 7.05 Å². The van der Waals surface area contributed by atoms with Crippen molar-refractivity contribution in [3.05, 3.63) is 84.3 Å². The fourth-order valence-corrected chi connectivity index (χ4v) is 3.29. The van der Waals surface area contributed by atoms with Crippen molar-refractivity contribution in [1.82, 2.24) is 14.8 Å². The smallest absolute Gasteiger partial charge is 0.166 e. The number of hydrogen-bond acceptors (Lipinski definition) is 4. The third-order valence-electron chi connectivity index (χ3n) is 4.83. The van der Waals surface area contributed by atoms with E-state index in [1.807, 2.05) is 13.2 Å². The molecule has 0 unspecified atom stereocenters. The van der Waals surface area contributed by atoms with Crippen LogP contribution in [-0.4, -0.2) is 14.8 Å². The van der Waals surface area contributed by atoms with Gasteiger partial charge in [-0.15, -0.1) is 0 Å². The highest BCUT2D eigenvalue weighted by Gasteiger charge is 2.17. The Balaban J connectivity index is 1.68. The van der Waals surface area contributed by atoms with Gasteiger partial charge in [0, 0.05) is 36.1 Å². The monoisotopic (exact) mass is 406 g/mol. The first-order valence-electron chi connectivity index (χ1n) is 9.37. The van der Waals surface area contributed by atoms with E-state index in [2.05, 4.69) is 10.1 Å². The molecule has 0 bridgehead atoms. The number of hydrogen-bond donors (Lipinski definition) is 1. The molecule has 2 N–H and O–H groups in total. The topological polar surface area (TPSA) is 66.0 Å². The molecule has 0 saturated carbocycles. The molecule has 0 amide bonds. The van der Waals surface area contributed by atoms with Crippen molar-refractivity contribution < 1.29 is 13.5 Å². The quantitative estimate of drug-likeness (QED) is 0.498. The first-order chi connectivity index (χ1) is 14.4. The van der Waals surface area contributed by atoms with Gasteiger partial charge < -0.3 is 10.5 Å². The lowest BCUT2D eigenvalue weighted by Crippen LogP contribution is -2.08. The standard InChI is InChI=1S/C23H20F2N4O/c1-14(21-10-19(25)7-8-20(21)15-3-5-18(24)6-4-15)30-22-9-16(11-27-23(22)26)17-12-28-29(2)13-17/h3-14H,1-2H3,(H2,26,27)/t14-/m1/s1. The molecule has 2 aromatic heterocycles. The second-order valence-corrected chi connectivity index (χ2v) is 7.01. The molecule has 1 atom stereocenters. The number of rotatable bonds is 5. The largest absolute Gasteiger partial charge is 0.482 e. The normalized spacial score (nSPS) is 12.0. The summed E-state index contributed by atoms with van der Waals surface area (Å²) >= 11 is 0. The van der Waals surface area contributed by atoms with Crippen LogP contribution in [0.1, 0.15) is 18.6 Å². The third-order valence-corrected chi connectivity index (χ3v) is 4.83. The highest BCUT2D eigenvalue weighted by molar-refractivity contribution is 5.69. The second kappa shape index (κ2) is 7.94. The molecular weight excluding hydrogens is 386 g/mol. The van der Waals surface area contributed by atoms with Crippen LogP contribution in [0, 0.1) is 11.6 Å². The Labute approximate surface area is 172 Å². The molecule has 0 fully saturated rings. The molecule has 2 aromatic carbocycles. The molecule has 0 aliphatic rings. The number of halogens is 2. The maximum absolute atomic E-state index is 14.0. The van der Waals surface area contributed by atoms with Crippen molar-refractivity contribution >= 4 is 5.82 Å². The molecule has 4 aromatic rings. The number of aromatic nitrogens is 3. The van der Waals surface area contributed by atoms with Gasteiger partial charge in [-0.05, 0) is 48.4 Å². The first-order valence-corrected chi connectivity index (χ1v) is 9.37. The van der Waals surface area contributed by atoms with Crippen LogP contribution >= 0.6 is 0 Å². The number of aryl methyl sites for hydroxylation is 1. The van der Waals surface area contributed by atoms with Gasteiger partial charge in [0.25, 0.3) is 0 Å². The van der Waals surface area contributed by atoms with Gasteiger partial charge in [-0.25, -0.2) is 13.8 Å². The Morgan fingerprint density at radius 3 is 2.37 bits per heavy atom. The van der Waals surface area contributed by atoms with E-state index in [0.717, 1.165) is 22.3 Å². The predicted octanol–water partition coefficient (Wildman–Crippen LogP) is 5.15. The molecule has 0 radical (unpaired) electrons. The fourth-order valence-electron chi connectivity index (χ4n) is 3.29. The number of anilines is 1. The summed E-state index contributed by atoms with van der Waals surface area (Å²) in [4.78, 5) is 4.22. The number of nitrogens with two attached hydrogens (primary N) is 1. The lowest BCUT2D eigenvalue weighted by Gasteiger charge is -2.20. The van der Waals surface area contributed by atoms with E-state index >= 15 is 0 Å². The van der Waals surface area contributed by atoms with Crippen LogP contribution in [0.4, 0.5) is 14.6 Å². The van der Waals surface area contributed by atoms with Crippen molar-refractivity contribution in [3.8, 4) is 28.0 Å². The zero-order valence-corrected chi connectivity index (χ0v) is 16.5. The van der Waals surface area contributed by atoms with Gasteiger partial charge in [0.05, 0.1) is 6.20 Å². The third kappa shape index (κ3) is 4.00. The summed E-state index contributed by atoms with van der Waals surface area (Å²) in [7, 11) is 1.83. The van der Waals surface area contributed by atoms with Crippen molar-refractivity contribution in [2.24, 2.45) is 7.05 Å². The van der Waals surface area contributed by atoms with Crippen LogP contribution < -0.4 is 10.5 Å². The van der Waals surface area contributed by atoms with Gasteiger partial charge in [0.1, 0.15) is 17.7 Å². The lowest BCUT2D eigenvalue weighted by atomic mass is 9.96. The van der Waals surface area contributed by atoms with E-state index in [1.165, 1.54) is 24.3 Å². The van der Waals surface area contributed by atoms with E-state index < -0.39 is 6.10 Å². The Morgan fingerprint density at radius 1 is 0.933 bits per heavy atom. The molecule has 30 heavy (non-hydrogen) atoms. The Bertz CT molecular complexity index is 1190. The minimum absolute atomic E-state index is 0.231. The molecule has 0 aliphatic carbocycles. The summed E-state index contributed by atoms with van der Waals surface area (Å²) in [6.07, 6.45) is 4.70. The predicted molar refractivity (Wildman–Crippen MR) is 112 cm³/mol. The van der Waals surface area contributed by atoms with Crippen LogP contribution in [0.2, 0.25) is 0 Å². The van der Waals surface area contributed by atoms with E-state index in [9.17, 15) is 8.78 Å². The summed E-state index contributed by atoms with van der Waals surface area (Å²) in [5.74, 6) is -0.105. The lowest BCUT2D eigenvalue weighted by molar-refractivity contribution is 0.228. The minimum atomic E-state index is -0.533. The molecule has 152 valence electrons. The molecule has 0 aliphatic heterocycles. The molecule has 4 rings (SSSR count). The van der Waals surface area contributed by atoms with E-state index in [-0.39, 0.29) is 17.5 Å². The van der Waals surface area contributed by atoms with Gasteiger partial charge in [0.2, 0.25) is 0 Å². The van der Waals surface area contributed by atoms with Crippen molar-refractivity contribution in [1.29, 1.82) is 0 Å². The second-order valence-electron chi connectivity index (χ2n) is 7.01. The zero-order chi connectivity index (χ0) is 21.3. The summed E-state index contributed by atoms with van der Waals surface area (Å²) < 4.78 is 35.1. The highest BCUT2D eigenvalue weighted by atomic mass is 19.1. The molecule has 0 spiro atoms. The Kier molecular flexibility index (Phi) is 5.18. The van der Waals surface area contributed by atoms with Crippen molar-refractivity contribution in [2.45, 2.75) is 13.0 Å². The molecular formula is C23H20F2N4O.